The fraction of sp³-hybridized carbons (Fsp3) is 0.214. The summed E-state index contributed by atoms with van der Waals surface area (Å²) in [5.41, 5.74) is 2.39. The smallest absolute Gasteiger partial charge is 0.139 e. The summed E-state index contributed by atoms with van der Waals surface area (Å²) in [6, 6.07) is 9.41. The second-order valence-electron chi connectivity index (χ2n) is 4.16. The number of nitrogens with zero attached hydrogens (tertiary/aromatic N) is 3. The van der Waals surface area contributed by atoms with Crippen LogP contribution in [0, 0.1) is 25.2 Å². The van der Waals surface area contributed by atoms with Crippen LogP contribution in [0.2, 0.25) is 0 Å². The fourth-order valence-electron chi connectivity index (χ4n) is 1.80. The first kappa shape index (κ1) is 12.8. The van der Waals surface area contributed by atoms with Gasteiger partial charge in [-0.2, -0.15) is 5.26 Å². The van der Waals surface area contributed by atoms with E-state index in [1.54, 1.807) is 12.1 Å². The summed E-state index contributed by atoms with van der Waals surface area (Å²) in [7, 11) is 1.83. The van der Waals surface area contributed by atoms with Crippen LogP contribution in [-0.2, 0) is 0 Å². The zero-order chi connectivity index (χ0) is 13.8. The van der Waals surface area contributed by atoms with Crippen LogP contribution >= 0.6 is 0 Å². The van der Waals surface area contributed by atoms with Crippen molar-refractivity contribution in [2.45, 2.75) is 13.8 Å². The van der Waals surface area contributed by atoms with E-state index >= 15 is 0 Å². The summed E-state index contributed by atoms with van der Waals surface area (Å²) in [5, 5.41) is 15.2. The van der Waals surface area contributed by atoms with Gasteiger partial charge in [-0.1, -0.05) is 6.07 Å². The van der Waals surface area contributed by atoms with E-state index in [-0.39, 0.29) is 0 Å². The third kappa shape index (κ3) is 2.80. The predicted octanol–water partition coefficient (Wildman–Crippen LogP) is 2.75. The lowest BCUT2D eigenvalue weighted by Crippen LogP contribution is -2.05. The maximum absolute atomic E-state index is 8.90. The molecule has 5 nitrogen and oxygen atoms in total. The molecule has 0 unspecified atom stereocenters. The highest BCUT2D eigenvalue weighted by Crippen LogP contribution is 2.23. The van der Waals surface area contributed by atoms with E-state index in [1.807, 2.05) is 33.0 Å². The predicted molar refractivity (Wildman–Crippen MR) is 75.5 cm³/mol. The monoisotopic (exact) mass is 253 g/mol. The summed E-state index contributed by atoms with van der Waals surface area (Å²) in [4.78, 5) is 8.70. The number of hydrogen-bond acceptors (Lipinski definition) is 5. The van der Waals surface area contributed by atoms with E-state index in [1.165, 1.54) is 0 Å². The normalized spacial score (nSPS) is 9.79. The second kappa shape index (κ2) is 5.36. The Bertz CT molecular complexity index is 643. The van der Waals surface area contributed by atoms with Crippen molar-refractivity contribution in [3.05, 3.63) is 41.2 Å². The molecular weight excluding hydrogens is 238 g/mol. The van der Waals surface area contributed by atoms with Gasteiger partial charge < -0.3 is 10.6 Å². The summed E-state index contributed by atoms with van der Waals surface area (Å²) in [5.74, 6) is 2.23. The molecule has 1 heterocycles. The van der Waals surface area contributed by atoms with Crippen LogP contribution in [0.1, 0.15) is 17.0 Å². The van der Waals surface area contributed by atoms with E-state index in [0.717, 1.165) is 22.9 Å². The number of benzene rings is 1. The van der Waals surface area contributed by atoms with Crippen LogP contribution in [0.3, 0.4) is 0 Å². The number of nitrogens with one attached hydrogen (secondary N) is 2. The number of nitriles is 1. The molecule has 1 aromatic carbocycles. The van der Waals surface area contributed by atoms with Gasteiger partial charge in [-0.05, 0) is 32.0 Å². The van der Waals surface area contributed by atoms with Crippen molar-refractivity contribution in [1.29, 1.82) is 5.26 Å². The van der Waals surface area contributed by atoms with Gasteiger partial charge in [0.25, 0.3) is 0 Å². The average molecular weight is 253 g/mol. The Hall–Kier alpha value is -2.61. The Morgan fingerprint density at radius 1 is 1.16 bits per heavy atom. The first-order valence-electron chi connectivity index (χ1n) is 5.94. The molecule has 2 aromatic rings. The van der Waals surface area contributed by atoms with Crippen molar-refractivity contribution < 1.29 is 0 Å². The molecule has 1 aromatic heterocycles. The van der Waals surface area contributed by atoms with Crippen LogP contribution in [0.4, 0.5) is 17.3 Å². The molecule has 0 radical (unpaired) electrons. The molecule has 0 aliphatic rings. The van der Waals surface area contributed by atoms with Gasteiger partial charge in [-0.15, -0.1) is 0 Å². The van der Waals surface area contributed by atoms with Crippen molar-refractivity contribution in [3.8, 4) is 6.07 Å². The highest BCUT2D eigenvalue weighted by atomic mass is 15.1. The molecule has 0 bridgehead atoms. The molecule has 0 saturated heterocycles. The van der Waals surface area contributed by atoms with Crippen LogP contribution in [-0.4, -0.2) is 17.0 Å². The zero-order valence-electron chi connectivity index (χ0n) is 11.2. The Morgan fingerprint density at radius 2 is 1.89 bits per heavy atom. The molecule has 2 rings (SSSR count). The summed E-state index contributed by atoms with van der Waals surface area (Å²) < 4.78 is 0. The number of rotatable bonds is 3. The first-order chi connectivity index (χ1) is 9.13. The van der Waals surface area contributed by atoms with E-state index in [9.17, 15) is 0 Å². The van der Waals surface area contributed by atoms with Gasteiger partial charge in [0.2, 0.25) is 0 Å². The molecular formula is C14H15N5. The molecule has 19 heavy (non-hydrogen) atoms. The van der Waals surface area contributed by atoms with Crippen LogP contribution < -0.4 is 10.6 Å². The van der Waals surface area contributed by atoms with Crippen molar-refractivity contribution in [3.63, 3.8) is 0 Å². The van der Waals surface area contributed by atoms with Gasteiger partial charge in [0.15, 0.2) is 0 Å². The van der Waals surface area contributed by atoms with Gasteiger partial charge in [0.05, 0.1) is 11.6 Å². The third-order valence-corrected chi connectivity index (χ3v) is 2.75. The number of anilines is 3. The topological polar surface area (TPSA) is 73.6 Å². The lowest BCUT2D eigenvalue weighted by molar-refractivity contribution is 1.04. The first-order valence-corrected chi connectivity index (χ1v) is 5.94. The van der Waals surface area contributed by atoms with Gasteiger partial charge in [0.1, 0.15) is 17.5 Å². The minimum atomic E-state index is 0.613. The fourth-order valence-corrected chi connectivity index (χ4v) is 1.80. The van der Waals surface area contributed by atoms with E-state index in [0.29, 0.717) is 11.4 Å². The second-order valence-corrected chi connectivity index (χ2v) is 4.16. The van der Waals surface area contributed by atoms with Crippen LogP contribution in [0.5, 0.6) is 0 Å². The lowest BCUT2D eigenvalue weighted by atomic mass is 10.2. The quantitative estimate of drug-likeness (QED) is 0.879. The number of aryl methyl sites for hydroxylation is 1. The molecule has 0 saturated carbocycles. The van der Waals surface area contributed by atoms with Crippen molar-refractivity contribution in [2.75, 3.05) is 17.7 Å². The van der Waals surface area contributed by atoms with Crippen molar-refractivity contribution in [1.82, 2.24) is 9.97 Å². The van der Waals surface area contributed by atoms with Crippen LogP contribution in [0.15, 0.2) is 24.3 Å². The highest BCUT2D eigenvalue weighted by molar-refractivity contribution is 5.65. The van der Waals surface area contributed by atoms with E-state index in [4.69, 9.17) is 5.26 Å². The van der Waals surface area contributed by atoms with Gasteiger partial charge in [-0.3, -0.25) is 0 Å². The molecule has 2 N–H and O–H groups in total. The summed E-state index contributed by atoms with van der Waals surface area (Å²) in [6.07, 6.45) is 0. The molecule has 0 atom stereocenters. The lowest BCUT2D eigenvalue weighted by Gasteiger charge is -2.12. The SMILES string of the molecule is CNc1nc(C)nc(Nc2cccc(C#N)c2)c1C. The number of hydrogen-bond donors (Lipinski definition) is 2. The summed E-state index contributed by atoms with van der Waals surface area (Å²) >= 11 is 0. The molecule has 0 spiro atoms. The van der Waals surface area contributed by atoms with E-state index < -0.39 is 0 Å². The Balaban J connectivity index is 2.38. The Morgan fingerprint density at radius 3 is 2.58 bits per heavy atom. The Labute approximate surface area is 112 Å². The minimum absolute atomic E-state index is 0.613. The van der Waals surface area contributed by atoms with Gasteiger partial charge in [-0.25, -0.2) is 9.97 Å². The van der Waals surface area contributed by atoms with Gasteiger partial charge in [0, 0.05) is 18.3 Å². The van der Waals surface area contributed by atoms with Crippen molar-refractivity contribution in [2.24, 2.45) is 0 Å². The maximum Gasteiger partial charge on any atom is 0.139 e. The van der Waals surface area contributed by atoms with E-state index in [2.05, 4.69) is 26.7 Å². The average Bonchev–Trinajstić information content (AvgIpc) is 2.42. The highest BCUT2D eigenvalue weighted by Gasteiger charge is 2.08. The number of aromatic nitrogens is 2. The standard InChI is InChI=1S/C14H15N5/c1-9-13(16-3)17-10(2)18-14(9)19-12-6-4-5-11(7-12)8-15/h4-7H,1-3H3,(H2,16,17,18,19). The molecule has 0 amide bonds. The molecule has 0 aliphatic heterocycles. The van der Waals surface area contributed by atoms with Crippen molar-refractivity contribution >= 4 is 17.3 Å². The Kier molecular flexibility index (Phi) is 3.62. The molecule has 0 fully saturated rings. The summed E-state index contributed by atoms with van der Waals surface area (Å²) in [6.45, 7) is 3.79. The maximum atomic E-state index is 8.90. The molecule has 5 heteroatoms. The molecule has 96 valence electrons. The van der Waals surface area contributed by atoms with Crippen LogP contribution in [0.25, 0.3) is 0 Å². The third-order valence-electron chi connectivity index (χ3n) is 2.75. The minimum Gasteiger partial charge on any atom is -0.373 e. The largest absolute Gasteiger partial charge is 0.373 e. The molecule has 0 aliphatic carbocycles. The van der Waals surface area contributed by atoms with Gasteiger partial charge >= 0.3 is 0 Å². The zero-order valence-corrected chi connectivity index (χ0v) is 11.2.